The van der Waals surface area contributed by atoms with Crippen molar-refractivity contribution in [3.8, 4) is 0 Å². The second kappa shape index (κ2) is 5.16. The number of aromatic nitrogens is 2. The molecule has 0 aromatic carbocycles. The van der Waals surface area contributed by atoms with E-state index >= 15 is 0 Å². The third-order valence-electron chi connectivity index (χ3n) is 3.68. The van der Waals surface area contributed by atoms with Crippen LogP contribution in [0.15, 0.2) is 12.4 Å². The minimum absolute atomic E-state index is 0.344. The van der Waals surface area contributed by atoms with Crippen LogP contribution >= 0.6 is 0 Å². The first-order valence-electron chi connectivity index (χ1n) is 6.16. The maximum atomic E-state index is 4.27. The van der Waals surface area contributed by atoms with Crippen molar-refractivity contribution in [2.45, 2.75) is 12.1 Å². The van der Waals surface area contributed by atoms with Crippen LogP contribution in [-0.2, 0) is 7.05 Å². The van der Waals surface area contributed by atoms with E-state index in [1.807, 2.05) is 25.0 Å². The lowest BCUT2D eigenvalue weighted by molar-refractivity contribution is 0.0897. The van der Waals surface area contributed by atoms with Crippen LogP contribution in [-0.4, -0.2) is 66.4 Å². The summed E-state index contributed by atoms with van der Waals surface area (Å²) in [6.07, 6.45) is 4.06. The van der Waals surface area contributed by atoms with E-state index in [1.54, 1.807) is 0 Å². The Morgan fingerprint density at radius 2 is 2.12 bits per heavy atom. The first-order chi connectivity index (χ1) is 8.11. The number of hydrogen-bond donors (Lipinski definition) is 1. The fraction of sp³-hybridized carbons (Fsp3) is 0.750. The highest BCUT2D eigenvalue weighted by atomic mass is 15.3. The minimum Gasteiger partial charge on any atom is -0.312 e. The molecule has 5 heteroatoms. The molecule has 1 N–H and O–H groups in total. The number of hydrogen-bond acceptors (Lipinski definition) is 4. The highest BCUT2D eigenvalue weighted by molar-refractivity contribution is 5.14. The molecule has 96 valence electrons. The Morgan fingerprint density at radius 3 is 2.71 bits per heavy atom. The van der Waals surface area contributed by atoms with Crippen LogP contribution < -0.4 is 5.32 Å². The van der Waals surface area contributed by atoms with Gasteiger partial charge in [-0.05, 0) is 21.1 Å². The van der Waals surface area contributed by atoms with Gasteiger partial charge in [0, 0.05) is 44.5 Å². The van der Waals surface area contributed by atoms with E-state index in [4.69, 9.17) is 0 Å². The van der Waals surface area contributed by atoms with E-state index < -0.39 is 0 Å². The molecule has 2 rings (SSSR count). The summed E-state index contributed by atoms with van der Waals surface area (Å²) in [5.74, 6) is 0. The van der Waals surface area contributed by atoms with Crippen molar-refractivity contribution >= 4 is 0 Å². The lowest BCUT2D eigenvalue weighted by atomic mass is 9.99. The fourth-order valence-electron chi connectivity index (χ4n) is 2.59. The zero-order valence-corrected chi connectivity index (χ0v) is 11.2. The fourth-order valence-corrected chi connectivity index (χ4v) is 2.59. The number of likely N-dealkylation sites (N-methyl/N-ethyl adjacent to an activating group) is 3. The van der Waals surface area contributed by atoms with Crippen molar-refractivity contribution < 1.29 is 0 Å². The Morgan fingerprint density at radius 1 is 1.35 bits per heavy atom. The highest BCUT2D eigenvalue weighted by Crippen LogP contribution is 2.22. The van der Waals surface area contributed by atoms with Crippen molar-refractivity contribution in [3.63, 3.8) is 0 Å². The summed E-state index contributed by atoms with van der Waals surface area (Å²) >= 11 is 0. The third kappa shape index (κ3) is 2.68. The van der Waals surface area contributed by atoms with Gasteiger partial charge in [-0.2, -0.15) is 5.10 Å². The molecule has 1 aromatic rings. The molecule has 1 aliphatic rings. The van der Waals surface area contributed by atoms with E-state index in [0.717, 1.165) is 19.6 Å². The topological polar surface area (TPSA) is 36.3 Å². The molecule has 0 aliphatic carbocycles. The van der Waals surface area contributed by atoms with Gasteiger partial charge in [-0.1, -0.05) is 0 Å². The van der Waals surface area contributed by atoms with Crippen molar-refractivity contribution in [1.29, 1.82) is 0 Å². The van der Waals surface area contributed by atoms with Crippen LogP contribution in [0.4, 0.5) is 0 Å². The van der Waals surface area contributed by atoms with Gasteiger partial charge in [0.2, 0.25) is 0 Å². The summed E-state index contributed by atoms with van der Waals surface area (Å²) in [6, 6.07) is 0.847. The molecule has 0 radical (unpaired) electrons. The Hall–Kier alpha value is -0.910. The number of rotatable bonds is 3. The molecule has 1 aromatic heterocycles. The quantitative estimate of drug-likeness (QED) is 0.798. The molecule has 2 heterocycles. The average Bonchev–Trinajstić information content (AvgIpc) is 2.71. The molecule has 17 heavy (non-hydrogen) atoms. The Balaban J connectivity index is 2.16. The summed E-state index contributed by atoms with van der Waals surface area (Å²) < 4.78 is 1.87. The van der Waals surface area contributed by atoms with Gasteiger partial charge in [-0.25, -0.2) is 0 Å². The van der Waals surface area contributed by atoms with Crippen molar-refractivity contribution in [2.75, 3.05) is 40.8 Å². The zero-order chi connectivity index (χ0) is 12.4. The summed E-state index contributed by atoms with van der Waals surface area (Å²) in [7, 11) is 8.39. The minimum atomic E-state index is 0.344. The van der Waals surface area contributed by atoms with E-state index in [0.29, 0.717) is 12.1 Å². The first-order valence-corrected chi connectivity index (χ1v) is 6.16. The molecule has 5 nitrogen and oxygen atoms in total. The predicted octanol–water partition coefficient (Wildman–Crippen LogP) is -0.0736. The van der Waals surface area contributed by atoms with Crippen molar-refractivity contribution in [3.05, 3.63) is 18.0 Å². The molecule has 2 unspecified atom stereocenters. The van der Waals surface area contributed by atoms with Gasteiger partial charge in [0.15, 0.2) is 0 Å². The average molecular weight is 237 g/mol. The van der Waals surface area contributed by atoms with Crippen LogP contribution in [0.5, 0.6) is 0 Å². The van der Waals surface area contributed by atoms with Crippen molar-refractivity contribution in [2.24, 2.45) is 7.05 Å². The van der Waals surface area contributed by atoms with Gasteiger partial charge in [-0.3, -0.25) is 9.58 Å². The smallest absolute Gasteiger partial charge is 0.0538 e. The van der Waals surface area contributed by atoms with Crippen LogP contribution in [0.25, 0.3) is 0 Å². The Kier molecular flexibility index (Phi) is 3.81. The SMILES string of the molecule is CNC(c1cnn(C)c1)C1CN(C)CCN1C. The van der Waals surface area contributed by atoms with Crippen LogP contribution in [0.3, 0.4) is 0 Å². The molecular weight excluding hydrogens is 214 g/mol. The molecule has 1 aliphatic heterocycles. The third-order valence-corrected chi connectivity index (χ3v) is 3.68. The van der Waals surface area contributed by atoms with Gasteiger partial charge < -0.3 is 10.2 Å². The highest BCUT2D eigenvalue weighted by Gasteiger charge is 2.30. The molecule has 0 bridgehead atoms. The molecule has 1 fully saturated rings. The van der Waals surface area contributed by atoms with Gasteiger partial charge in [0.05, 0.1) is 12.2 Å². The molecule has 0 spiro atoms. The van der Waals surface area contributed by atoms with Crippen LogP contribution in [0.2, 0.25) is 0 Å². The maximum Gasteiger partial charge on any atom is 0.0538 e. The van der Waals surface area contributed by atoms with Crippen molar-refractivity contribution in [1.82, 2.24) is 24.9 Å². The molecular formula is C12H23N5. The van der Waals surface area contributed by atoms with Crippen LogP contribution in [0.1, 0.15) is 11.6 Å². The summed E-state index contributed by atoms with van der Waals surface area (Å²) in [5.41, 5.74) is 1.27. The lowest BCUT2D eigenvalue weighted by Gasteiger charge is -2.41. The Bertz CT molecular complexity index is 362. The lowest BCUT2D eigenvalue weighted by Crippen LogP contribution is -2.54. The van der Waals surface area contributed by atoms with Gasteiger partial charge in [-0.15, -0.1) is 0 Å². The Labute approximate surface area is 103 Å². The summed E-state index contributed by atoms with van der Waals surface area (Å²) in [4.78, 5) is 4.83. The molecule has 0 amide bonds. The first kappa shape index (κ1) is 12.5. The number of nitrogens with zero attached hydrogens (tertiary/aromatic N) is 4. The largest absolute Gasteiger partial charge is 0.312 e. The predicted molar refractivity (Wildman–Crippen MR) is 68.9 cm³/mol. The number of aryl methyl sites for hydroxylation is 1. The second-order valence-electron chi connectivity index (χ2n) is 5.02. The van der Waals surface area contributed by atoms with Gasteiger partial charge in [0.25, 0.3) is 0 Å². The van der Waals surface area contributed by atoms with E-state index in [2.05, 4.69) is 40.5 Å². The standard InChI is InChI=1S/C12H23N5/c1-13-12(10-7-14-17(4)8-10)11-9-15(2)5-6-16(11)3/h7-8,11-13H,5-6,9H2,1-4H3. The maximum absolute atomic E-state index is 4.27. The van der Waals surface area contributed by atoms with Gasteiger partial charge in [0.1, 0.15) is 0 Å². The summed E-state index contributed by atoms with van der Waals surface area (Å²) in [5, 5.41) is 7.70. The normalized spacial score (nSPS) is 25.1. The molecule has 1 saturated heterocycles. The van der Waals surface area contributed by atoms with E-state index in [9.17, 15) is 0 Å². The number of piperazine rings is 1. The van der Waals surface area contributed by atoms with E-state index in [-0.39, 0.29) is 0 Å². The van der Waals surface area contributed by atoms with E-state index in [1.165, 1.54) is 5.56 Å². The monoisotopic (exact) mass is 237 g/mol. The second-order valence-corrected chi connectivity index (χ2v) is 5.02. The summed E-state index contributed by atoms with van der Waals surface area (Å²) in [6.45, 7) is 3.37. The number of nitrogens with one attached hydrogen (secondary N) is 1. The molecule has 0 saturated carbocycles. The van der Waals surface area contributed by atoms with Crippen LogP contribution in [0, 0.1) is 0 Å². The zero-order valence-electron chi connectivity index (χ0n) is 11.2. The van der Waals surface area contributed by atoms with Gasteiger partial charge >= 0.3 is 0 Å². The molecule has 2 atom stereocenters.